The number of carbonyl (C=O) groups is 2. The number of alkyl halides is 3. The maximum atomic E-state index is 12.6. The first-order valence-electron chi connectivity index (χ1n) is 6.18. The molecule has 108 valence electrons. The highest BCUT2D eigenvalue weighted by Crippen LogP contribution is 2.35. The molecule has 2 aliphatic rings. The van der Waals surface area contributed by atoms with Crippen molar-refractivity contribution in [2.24, 2.45) is 0 Å². The molecule has 5 nitrogen and oxygen atoms in total. The molecule has 19 heavy (non-hydrogen) atoms. The van der Waals surface area contributed by atoms with Gasteiger partial charge in [0.2, 0.25) is 0 Å². The van der Waals surface area contributed by atoms with Gasteiger partial charge in [-0.1, -0.05) is 0 Å². The summed E-state index contributed by atoms with van der Waals surface area (Å²) in [5.41, 5.74) is 0. The lowest BCUT2D eigenvalue weighted by Crippen LogP contribution is -2.52. The summed E-state index contributed by atoms with van der Waals surface area (Å²) in [7, 11) is 0. The lowest BCUT2D eigenvalue weighted by Gasteiger charge is -2.38. The molecule has 2 amide bonds. The molecular weight excluding hydrogens is 265 g/mol. The van der Waals surface area contributed by atoms with Crippen LogP contribution in [0.15, 0.2) is 0 Å². The summed E-state index contributed by atoms with van der Waals surface area (Å²) in [5.74, 6) is -1.79. The average Bonchev–Trinajstić information content (AvgIpc) is 3.13. The van der Waals surface area contributed by atoms with Crippen LogP contribution in [0.25, 0.3) is 0 Å². The van der Waals surface area contributed by atoms with Crippen molar-refractivity contribution in [3.63, 3.8) is 0 Å². The number of amides is 2. The average molecular weight is 280 g/mol. The molecule has 1 N–H and O–H groups in total. The molecule has 1 heterocycles. The van der Waals surface area contributed by atoms with E-state index in [-0.39, 0.29) is 32.0 Å². The standard InChI is InChI=1S/C11H15F3N2O3/c12-11(13,14)9(17)16(7-1-2-7)8-3-5-15(6-4-8)10(18)19/h7-8H,1-6H2,(H,18,19). The van der Waals surface area contributed by atoms with Crippen molar-refractivity contribution < 1.29 is 27.9 Å². The van der Waals surface area contributed by atoms with Crippen LogP contribution >= 0.6 is 0 Å². The van der Waals surface area contributed by atoms with E-state index in [1.165, 1.54) is 4.90 Å². The highest BCUT2D eigenvalue weighted by molar-refractivity contribution is 5.82. The van der Waals surface area contributed by atoms with Crippen LogP contribution in [0.4, 0.5) is 18.0 Å². The molecule has 2 rings (SSSR count). The minimum Gasteiger partial charge on any atom is -0.465 e. The Morgan fingerprint density at radius 1 is 1.05 bits per heavy atom. The third kappa shape index (κ3) is 3.10. The third-order valence-electron chi connectivity index (χ3n) is 3.55. The molecule has 1 aliphatic carbocycles. The van der Waals surface area contributed by atoms with Gasteiger partial charge in [-0.25, -0.2) is 4.79 Å². The number of hydrogen-bond acceptors (Lipinski definition) is 2. The monoisotopic (exact) mass is 280 g/mol. The fraction of sp³-hybridized carbons (Fsp3) is 0.818. The van der Waals surface area contributed by atoms with Gasteiger partial charge >= 0.3 is 18.2 Å². The predicted molar refractivity (Wildman–Crippen MR) is 58.5 cm³/mol. The van der Waals surface area contributed by atoms with Gasteiger partial charge < -0.3 is 14.9 Å². The predicted octanol–water partition coefficient (Wildman–Crippen LogP) is 1.68. The molecule has 1 aliphatic heterocycles. The fourth-order valence-electron chi connectivity index (χ4n) is 2.46. The maximum absolute atomic E-state index is 12.6. The third-order valence-corrected chi connectivity index (χ3v) is 3.55. The molecule has 0 unspecified atom stereocenters. The molecule has 0 aromatic heterocycles. The first-order chi connectivity index (χ1) is 8.80. The van der Waals surface area contributed by atoms with Crippen molar-refractivity contribution in [3.05, 3.63) is 0 Å². The van der Waals surface area contributed by atoms with Crippen LogP contribution < -0.4 is 0 Å². The Bertz CT molecular complexity index is 374. The number of likely N-dealkylation sites (tertiary alicyclic amines) is 1. The molecule has 1 saturated carbocycles. The van der Waals surface area contributed by atoms with E-state index < -0.39 is 24.2 Å². The normalized spacial score (nSPS) is 21.3. The summed E-state index contributed by atoms with van der Waals surface area (Å²) in [6.45, 7) is 0.350. The fourth-order valence-corrected chi connectivity index (χ4v) is 2.46. The molecule has 0 atom stereocenters. The van der Waals surface area contributed by atoms with Crippen molar-refractivity contribution in [2.75, 3.05) is 13.1 Å². The van der Waals surface area contributed by atoms with Gasteiger partial charge in [-0.05, 0) is 25.7 Å². The van der Waals surface area contributed by atoms with E-state index in [9.17, 15) is 22.8 Å². The second kappa shape index (κ2) is 4.90. The second-order valence-electron chi connectivity index (χ2n) is 4.94. The molecule has 1 saturated heterocycles. The van der Waals surface area contributed by atoms with Crippen molar-refractivity contribution >= 4 is 12.0 Å². The minimum absolute atomic E-state index is 0.175. The van der Waals surface area contributed by atoms with Crippen LogP contribution in [-0.2, 0) is 4.79 Å². The maximum Gasteiger partial charge on any atom is 0.471 e. The lowest BCUT2D eigenvalue weighted by molar-refractivity contribution is -0.189. The summed E-state index contributed by atoms with van der Waals surface area (Å²) >= 11 is 0. The van der Waals surface area contributed by atoms with Crippen molar-refractivity contribution in [1.29, 1.82) is 0 Å². The van der Waals surface area contributed by atoms with Gasteiger partial charge in [0.15, 0.2) is 0 Å². The van der Waals surface area contributed by atoms with Crippen LogP contribution in [0.2, 0.25) is 0 Å². The highest BCUT2D eigenvalue weighted by atomic mass is 19.4. The number of hydrogen-bond donors (Lipinski definition) is 1. The van der Waals surface area contributed by atoms with E-state index >= 15 is 0 Å². The number of rotatable bonds is 2. The number of halogens is 3. The van der Waals surface area contributed by atoms with E-state index in [1.54, 1.807) is 0 Å². The molecule has 0 aromatic rings. The Morgan fingerprint density at radius 2 is 1.53 bits per heavy atom. The topological polar surface area (TPSA) is 60.9 Å². The Labute approximate surface area is 108 Å². The minimum atomic E-state index is -4.85. The smallest absolute Gasteiger partial charge is 0.465 e. The zero-order chi connectivity index (χ0) is 14.2. The Balaban J connectivity index is 2.02. The molecule has 8 heteroatoms. The Hall–Kier alpha value is -1.47. The first-order valence-corrected chi connectivity index (χ1v) is 6.18. The summed E-state index contributed by atoms with van der Waals surface area (Å²) in [5, 5.41) is 8.79. The van der Waals surface area contributed by atoms with Gasteiger partial charge in [-0.15, -0.1) is 0 Å². The Kier molecular flexibility index (Phi) is 3.60. The molecule has 0 radical (unpaired) electrons. The van der Waals surface area contributed by atoms with E-state index in [0.717, 1.165) is 4.90 Å². The largest absolute Gasteiger partial charge is 0.471 e. The quantitative estimate of drug-likeness (QED) is 0.837. The highest BCUT2D eigenvalue weighted by Gasteiger charge is 2.49. The van der Waals surface area contributed by atoms with Crippen molar-refractivity contribution in [3.8, 4) is 0 Å². The van der Waals surface area contributed by atoms with Gasteiger partial charge in [0.1, 0.15) is 0 Å². The summed E-state index contributed by atoms with van der Waals surface area (Å²) in [6.07, 6.45) is -4.19. The summed E-state index contributed by atoms with van der Waals surface area (Å²) in [4.78, 5) is 24.3. The number of carboxylic acid groups (broad SMARTS) is 1. The zero-order valence-electron chi connectivity index (χ0n) is 10.2. The Morgan fingerprint density at radius 3 is 1.89 bits per heavy atom. The summed E-state index contributed by atoms with van der Waals surface area (Å²) < 4.78 is 37.7. The van der Waals surface area contributed by atoms with E-state index in [1.807, 2.05) is 0 Å². The van der Waals surface area contributed by atoms with Crippen molar-refractivity contribution in [1.82, 2.24) is 9.80 Å². The summed E-state index contributed by atoms with van der Waals surface area (Å²) in [6, 6.07) is -0.826. The van der Waals surface area contributed by atoms with Crippen molar-refractivity contribution in [2.45, 2.75) is 43.9 Å². The first kappa shape index (κ1) is 14.0. The van der Waals surface area contributed by atoms with E-state index in [4.69, 9.17) is 5.11 Å². The van der Waals surface area contributed by atoms with Crippen LogP contribution in [0.1, 0.15) is 25.7 Å². The van der Waals surface area contributed by atoms with Crippen LogP contribution in [0.5, 0.6) is 0 Å². The van der Waals surface area contributed by atoms with Gasteiger partial charge in [-0.2, -0.15) is 13.2 Å². The number of piperidine rings is 1. The van der Waals surface area contributed by atoms with E-state index in [2.05, 4.69) is 0 Å². The second-order valence-corrected chi connectivity index (χ2v) is 4.94. The molecule has 2 fully saturated rings. The lowest BCUT2D eigenvalue weighted by atomic mass is 10.0. The van der Waals surface area contributed by atoms with Crippen LogP contribution in [0.3, 0.4) is 0 Å². The van der Waals surface area contributed by atoms with Gasteiger partial charge in [0.05, 0.1) is 0 Å². The van der Waals surface area contributed by atoms with Crippen LogP contribution in [0, 0.1) is 0 Å². The number of carbonyl (C=O) groups excluding carboxylic acids is 1. The molecule has 0 aromatic carbocycles. The molecule has 0 spiro atoms. The SMILES string of the molecule is O=C(O)N1CCC(N(C(=O)C(F)(F)F)C2CC2)CC1. The van der Waals surface area contributed by atoms with Crippen LogP contribution in [-0.4, -0.2) is 58.3 Å². The van der Waals surface area contributed by atoms with E-state index in [0.29, 0.717) is 12.8 Å². The van der Waals surface area contributed by atoms with Gasteiger partial charge in [0.25, 0.3) is 0 Å². The number of nitrogens with zero attached hydrogens (tertiary/aromatic N) is 2. The zero-order valence-corrected chi connectivity index (χ0v) is 10.2. The molecule has 0 bridgehead atoms. The van der Waals surface area contributed by atoms with Gasteiger partial charge in [-0.3, -0.25) is 4.79 Å². The molecular formula is C11H15F3N2O3. The van der Waals surface area contributed by atoms with Gasteiger partial charge in [0, 0.05) is 25.2 Å².